The summed E-state index contributed by atoms with van der Waals surface area (Å²) in [5, 5.41) is 12.2. The SMILES string of the molecule is CNC[C@H](CC1CCCCC1)NC(=O)N1CCC[C@@H](C(OCCNC(=O)OC)c2nc(C)cs2)C1. The van der Waals surface area contributed by atoms with E-state index >= 15 is 0 Å². The molecule has 0 radical (unpaired) electrons. The number of piperidine rings is 1. The topological polar surface area (TPSA) is 105 Å². The Kier molecular flexibility index (Phi) is 11.5. The summed E-state index contributed by atoms with van der Waals surface area (Å²) in [5.41, 5.74) is 0.967. The second-order valence-electron chi connectivity index (χ2n) is 9.83. The molecule has 3 amide bonds. The number of urea groups is 1. The van der Waals surface area contributed by atoms with Gasteiger partial charge in [0.1, 0.15) is 11.1 Å². The Balaban J connectivity index is 1.58. The van der Waals surface area contributed by atoms with E-state index in [0.29, 0.717) is 25.6 Å². The fourth-order valence-corrected chi connectivity index (χ4v) is 6.23. The molecule has 3 N–H and O–H groups in total. The average Bonchev–Trinajstić information content (AvgIpc) is 3.30. The van der Waals surface area contributed by atoms with Crippen molar-refractivity contribution in [1.82, 2.24) is 25.8 Å². The van der Waals surface area contributed by atoms with Crippen LogP contribution in [0.1, 0.15) is 68.2 Å². The van der Waals surface area contributed by atoms with Crippen LogP contribution in [0.4, 0.5) is 9.59 Å². The van der Waals surface area contributed by atoms with Gasteiger partial charge in [-0.15, -0.1) is 11.3 Å². The third-order valence-corrected chi connectivity index (χ3v) is 8.05. The van der Waals surface area contributed by atoms with Crippen molar-refractivity contribution in [3.8, 4) is 0 Å². The van der Waals surface area contributed by atoms with Crippen molar-refractivity contribution in [3.05, 3.63) is 16.1 Å². The highest BCUT2D eigenvalue weighted by Crippen LogP contribution is 2.34. The average molecular weight is 510 g/mol. The normalized spacial score (nSPS) is 20.8. The molecular formula is C25H43N5O4S. The first kappa shape index (κ1) is 27.7. The van der Waals surface area contributed by atoms with Crippen LogP contribution in [-0.2, 0) is 9.47 Å². The van der Waals surface area contributed by atoms with Crippen molar-refractivity contribution in [2.24, 2.45) is 11.8 Å². The third-order valence-electron chi connectivity index (χ3n) is 7.03. The summed E-state index contributed by atoms with van der Waals surface area (Å²) in [7, 11) is 3.29. The molecule has 35 heavy (non-hydrogen) atoms. The summed E-state index contributed by atoms with van der Waals surface area (Å²) in [6.45, 7) is 4.87. The van der Waals surface area contributed by atoms with Gasteiger partial charge in [-0.05, 0) is 39.2 Å². The number of nitrogens with one attached hydrogen (secondary N) is 3. The van der Waals surface area contributed by atoms with Gasteiger partial charge < -0.3 is 30.3 Å². The maximum atomic E-state index is 13.3. The second-order valence-corrected chi connectivity index (χ2v) is 10.7. The molecule has 9 nitrogen and oxygen atoms in total. The van der Waals surface area contributed by atoms with Crippen molar-refractivity contribution < 1.29 is 19.1 Å². The van der Waals surface area contributed by atoms with Gasteiger partial charge in [-0.2, -0.15) is 0 Å². The molecule has 3 atom stereocenters. The van der Waals surface area contributed by atoms with E-state index < -0.39 is 6.09 Å². The number of amides is 3. The van der Waals surface area contributed by atoms with Gasteiger partial charge in [0.25, 0.3) is 0 Å². The number of nitrogens with zero attached hydrogens (tertiary/aromatic N) is 2. The van der Waals surface area contributed by atoms with Crippen LogP contribution in [0.25, 0.3) is 0 Å². The summed E-state index contributed by atoms with van der Waals surface area (Å²) in [5.74, 6) is 0.861. The van der Waals surface area contributed by atoms with E-state index in [4.69, 9.17) is 4.74 Å². The molecule has 1 unspecified atom stereocenters. The number of hydrogen-bond acceptors (Lipinski definition) is 7. The number of likely N-dealkylation sites (tertiary alicyclic amines) is 1. The number of aryl methyl sites for hydroxylation is 1. The molecule has 1 saturated heterocycles. The smallest absolute Gasteiger partial charge is 0.406 e. The Hall–Kier alpha value is -1.91. The first-order chi connectivity index (χ1) is 17.0. The highest BCUT2D eigenvalue weighted by atomic mass is 32.1. The Morgan fingerprint density at radius 2 is 2.03 bits per heavy atom. The number of methoxy groups -OCH3 is 1. The Morgan fingerprint density at radius 1 is 1.23 bits per heavy atom. The zero-order chi connectivity index (χ0) is 25.0. The number of thiazole rings is 1. The third kappa shape index (κ3) is 8.91. The molecule has 3 rings (SSSR count). The van der Waals surface area contributed by atoms with Crippen LogP contribution in [0.5, 0.6) is 0 Å². The number of carbonyl (C=O) groups excluding carboxylic acids is 2. The number of likely N-dealkylation sites (N-methyl/N-ethyl adjacent to an activating group) is 1. The van der Waals surface area contributed by atoms with Gasteiger partial charge in [0.15, 0.2) is 0 Å². The molecule has 0 aromatic carbocycles. The van der Waals surface area contributed by atoms with Crippen LogP contribution >= 0.6 is 11.3 Å². The van der Waals surface area contributed by atoms with Gasteiger partial charge in [-0.1, -0.05) is 32.1 Å². The van der Waals surface area contributed by atoms with E-state index in [1.807, 2.05) is 24.3 Å². The lowest BCUT2D eigenvalue weighted by Crippen LogP contribution is -2.52. The number of ether oxygens (including phenoxy) is 2. The van der Waals surface area contributed by atoms with E-state index in [1.165, 1.54) is 39.2 Å². The quantitative estimate of drug-likeness (QED) is 0.392. The van der Waals surface area contributed by atoms with E-state index in [-0.39, 0.29) is 24.1 Å². The van der Waals surface area contributed by atoms with Crippen molar-refractivity contribution in [3.63, 3.8) is 0 Å². The van der Waals surface area contributed by atoms with Crippen LogP contribution in [0.3, 0.4) is 0 Å². The zero-order valence-electron chi connectivity index (χ0n) is 21.5. The minimum Gasteiger partial charge on any atom is -0.453 e. The Bertz CT molecular complexity index is 786. The van der Waals surface area contributed by atoms with Crippen molar-refractivity contribution in [2.75, 3.05) is 46.9 Å². The van der Waals surface area contributed by atoms with Gasteiger partial charge in [-0.3, -0.25) is 0 Å². The lowest BCUT2D eigenvalue weighted by Gasteiger charge is -2.37. The first-order valence-corrected chi connectivity index (χ1v) is 13.9. The van der Waals surface area contributed by atoms with Gasteiger partial charge >= 0.3 is 12.1 Å². The van der Waals surface area contributed by atoms with Crippen LogP contribution in [-0.4, -0.2) is 75.0 Å². The molecule has 0 spiro atoms. The fourth-order valence-electron chi connectivity index (χ4n) is 5.30. The molecule has 1 aromatic rings. The molecule has 2 fully saturated rings. The molecule has 10 heteroatoms. The lowest BCUT2D eigenvalue weighted by molar-refractivity contribution is -0.00881. The molecule has 2 heterocycles. The van der Waals surface area contributed by atoms with Gasteiger partial charge in [0.2, 0.25) is 0 Å². The highest BCUT2D eigenvalue weighted by Gasteiger charge is 2.33. The molecule has 198 valence electrons. The summed E-state index contributed by atoms with van der Waals surface area (Å²) in [6.07, 6.45) is 8.78. The van der Waals surface area contributed by atoms with Crippen LogP contribution in [0.15, 0.2) is 5.38 Å². The zero-order valence-corrected chi connectivity index (χ0v) is 22.3. The predicted octanol–water partition coefficient (Wildman–Crippen LogP) is 3.85. The number of alkyl carbamates (subject to hydrolysis) is 1. The van der Waals surface area contributed by atoms with Crippen molar-refractivity contribution in [1.29, 1.82) is 0 Å². The van der Waals surface area contributed by atoms with E-state index in [1.54, 1.807) is 11.3 Å². The van der Waals surface area contributed by atoms with Crippen molar-refractivity contribution in [2.45, 2.75) is 70.4 Å². The largest absolute Gasteiger partial charge is 0.453 e. The highest BCUT2D eigenvalue weighted by molar-refractivity contribution is 7.09. The number of aromatic nitrogens is 1. The fraction of sp³-hybridized carbons (Fsp3) is 0.800. The van der Waals surface area contributed by atoms with Crippen molar-refractivity contribution >= 4 is 23.5 Å². The van der Waals surface area contributed by atoms with E-state index in [9.17, 15) is 9.59 Å². The van der Waals surface area contributed by atoms with Gasteiger partial charge in [0.05, 0.1) is 13.7 Å². The minimum absolute atomic E-state index is 0.0205. The summed E-state index contributed by atoms with van der Waals surface area (Å²) >= 11 is 1.59. The first-order valence-electron chi connectivity index (χ1n) is 13.1. The Morgan fingerprint density at radius 3 is 2.71 bits per heavy atom. The number of rotatable bonds is 11. The van der Waals surface area contributed by atoms with E-state index in [0.717, 1.165) is 43.1 Å². The van der Waals surface area contributed by atoms with E-state index in [2.05, 4.69) is 25.7 Å². The maximum absolute atomic E-state index is 13.3. The molecule has 1 aliphatic heterocycles. The van der Waals surface area contributed by atoms with Crippen LogP contribution < -0.4 is 16.0 Å². The maximum Gasteiger partial charge on any atom is 0.406 e. The Labute approximate surface area is 213 Å². The standard InChI is InChI=1S/C25H43N5O4S/c1-18-17-35-23(28-18)22(34-13-11-27-25(32)33-3)20-10-7-12-30(16-20)24(31)29-21(15-26-2)14-19-8-5-4-6-9-19/h17,19-22,26H,4-16H2,1-3H3,(H,27,32)(H,29,31)/t20-,21+,22?/m1/s1. The molecule has 1 saturated carbocycles. The molecule has 1 aliphatic carbocycles. The van der Waals surface area contributed by atoms with Gasteiger partial charge in [-0.25, -0.2) is 14.6 Å². The molecule has 2 aliphatic rings. The molecule has 1 aromatic heterocycles. The number of carbonyl (C=O) groups is 2. The minimum atomic E-state index is -0.472. The molecular weight excluding hydrogens is 466 g/mol. The summed E-state index contributed by atoms with van der Waals surface area (Å²) in [6, 6.07) is 0.168. The number of hydrogen-bond donors (Lipinski definition) is 3. The van der Waals surface area contributed by atoms with Crippen LogP contribution in [0.2, 0.25) is 0 Å². The predicted molar refractivity (Wildman–Crippen MR) is 138 cm³/mol. The van der Waals surface area contributed by atoms with Gasteiger partial charge in [0, 0.05) is 49.2 Å². The summed E-state index contributed by atoms with van der Waals surface area (Å²) in [4.78, 5) is 31.3. The van der Waals surface area contributed by atoms with Crippen LogP contribution in [0, 0.1) is 18.8 Å². The summed E-state index contributed by atoms with van der Waals surface area (Å²) < 4.78 is 10.9. The molecule has 0 bridgehead atoms. The lowest BCUT2D eigenvalue weighted by atomic mass is 9.85. The second kappa shape index (κ2) is 14.6. The monoisotopic (exact) mass is 509 g/mol.